The van der Waals surface area contributed by atoms with Gasteiger partial charge in [-0.2, -0.15) is 0 Å². The molecule has 6 heteroatoms. The van der Waals surface area contributed by atoms with Crippen molar-refractivity contribution in [3.8, 4) is 0 Å². The number of nitrogens with zero attached hydrogens (tertiary/aromatic N) is 1. The quantitative estimate of drug-likeness (QED) is 0.168. The molecule has 0 saturated heterocycles. The van der Waals surface area contributed by atoms with Crippen molar-refractivity contribution in [2.75, 3.05) is 0 Å². The second-order valence-corrected chi connectivity index (χ2v) is 13.7. The first-order valence-electron chi connectivity index (χ1n) is 16.6. The third kappa shape index (κ3) is 6.01. The Morgan fingerprint density at radius 3 is 1.09 bits per heavy atom. The van der Waals surface area contributed by atoms with Gasteiger partial charge in [-0.3, -0.25) is 9.59 Å². The lowest BCUT2D eigenvalue weighted by Crippen LogP contribution is -2.64. The van der Waals surface area contributed by atoms with Gasteiger partial charge >= 0.3 is 0 Å². The van der Waals surface area contributed by atoms with Crippen LogP contribution < -0.4 is 5.73 Å². The zero-order valence-electron chi connectivity index (χ0n) is 28.5. The summed E-state index contributed by atoms with van der Waals surface area (Å²) >= 11 is 0. The number of primary amides is 1. The van der Waals surface area contributed by atoms with E-state index in [1.54, 1.807) is 4.90 Å². The second-order valence-electron chi connectivity index (χ2n) is 13.7. The van der Waals surface area contributed by atoms with E-state index in [9.17, 15) is 15.0 Å². The summed E-state index contributed by atoms with van der Waals surface area (Å²) in [5, 5.41) is 26.3. The molecule has 0 bridgehead atoms. The van der Waals surface area contributed by atoms with Crippen molar-refractivity contribution in [3.05, 3.63) is 142 Å². The number of hydrogen-bond acceptors (Lipinski definition) is 4. The molecule has 1 fully saturated rings. The molecule has 4 N–H and O–H groups in total. The van der Waals surface area contributed by atoms with E-state index in [2.05, 4.69) is 0 Å². The average molecular weight is 633 g/mol. The molecule has 2 atom stereocenters. The van der Waals surface area contributed by atoms with E-state index in [0.29, 0.717) is 47.9 Å². The smallest absolute Gasteiger partial charge is 0.238 e. The van der Waals surface area contributed by atoms with Gasteiger partial charge in [0.05, 0.1) is 12.1 Å². The number of aliphatic hydroxyl groups is 2. The zero-order chi connectivity index (χ0) is 34.1. The Hall–Kier alpha value is -4.26. The van der Waals surface area contributed by atoms with E-state index in [-0.39, 0.29) is 0 Å². The van der Waals surface area contributed by atoms with Crippen molar-refractivity contribution in [1.29, 1.82) is 0 Å². The van der Waals surface area contributed by atoms with Crippen LogP contribution in [0, 0.1) is 33.1 Å². The fourth-order valence-electron chi connectivity index (χ4n) is 7.41. The van der Waals surface area contributed by atoms with Crippen molar-refractivity contribution in [3.63, 3.8) is 0 Å². The topological polar surface area (TPSA) is 104 Å². The molecule has 4 aromatic carbocycles. The highest BCUT2D eigenvalue weighted by Crippen LogP contribution is 2.47. The van der Waals surface area contributed by atoms with Crippen LogP contribution in [0.15, 0.2) is 97.1 Å². The number of rotatable bonds is 10. The highest BCUT2D eigenvalue weighted by Gasteiger charge is 2.56. The monoisotopic (exact) mass is 632 g/mol. The summed E-state index contributed by atoms with van der Waals surface area (Å²) in [4.78, 5) is 30.1. The number of benzene rings is 4. The van der Waals surface area contributed by atoms with Crippen LogP contribution >= 0.6 is 0 Å². The molecule has 47 heavy (non-hydrogen) atoms. The molecule has 0 unspecified atom stereocenters. The maximum absolute atomic E-state index is 15.2. The number of amides is 2. The first kappa shape index (κ1) is 34.1. The lowest BCUT2D eigenvalue weighted by atomic mass is 9.73. The summed E-state index contributed by atoms with van der Waals surface area (Å²) in [7, 11) is 0. The molecule has 1 aliphatic rings. The number of nitrogens with two attached hydrogens (primary N) is 1. The third-order valence-electron chi connectivity index (χ3n) is 10.6. The largest absolute Gasteiger partial charge is 0.378 e. The number of hydrogen-bond donors (Lipinski definition) is 3. The number of aryl methyl sites for hydroxylation is 4. The van der Waals surface area contributed by atoms with Crippen LogP contribution in [0.4, 0.5) is 0 Å². The Kier molecular flexibility index (Phi) is 9.50. The fourth-order valence-corrected chi connectivity index (χ4v) is 7.41. The molecule has 0 heterocycles. The third-order valence-corrected chi connectivity index (χ3v) is 10.6. The van der Waals surface area contributed by atoms with Gasteiger partial charge in [0.2, 0.25) is 11.8 Å². The minimum absolute atomic E-state index is 0.318. The van der Waals surface area contributed by atoms with Gasteiger partial charge in [0.15, 0.2) is 0 Å². The van der Waals surface area contributed by atoms with Gasteiger partial charge in [-0.25, -0.2) is 0 Å². The Morgan fingerprint density at radius 1 is 0.596 bits per heavy atom. The van der Waals surface area contributed by atoms with Gasteiger partial charge in [0.1, 0.15) is 16.6 Å². The lowest BCUT2D eigenvalue weighted by Gasteiger charge is -2.51. The van der Waals surface area contributed by atoms with Crippen LogP contribution in [-0.2, 0) is 20.8 Å². The fraction of sp³-hybridized carbons (Fsp3) is 0.366. The van der Waals surface area contributed by atoms with Crippen molar-refractivity contribution in [2.24, 2.45) is 11.1 Å². The molecule has 0 radical (unpaired) electrons. The summed E-state index contributed by atoms with van der Waals surface area (Å²) in [6.45, 7) is 11.5. The molecule has 1 saturated carbocycles. The molecular weight excluding hydrogens is 584 g/mol. The summed E-state index contributed by atoms with van der Waals surface area (Å²) in [6, 6.07) is 28.6. The highest BCUT2D eigenvalue weighted by atomic mass is 16.3. The number of carbonyl (C=O) groups excluding carboxylic acids is 2. The maximum atomic E-state index is 15.2. The maximum Gasteiger partial charge on any atom is 0.238 e. The summed E-state index contributed by atoms with van der Waals surface area (Å²) in [5.74, 6) is -1.15. The lowest BCUT2D eigenvalue weighted by molar-refractivity contribution is -0.164. The Morgan fingerprint density at radius 2 is 0.851 bits per heavy atom. The van der Waals surface area contributed by atoms with E-state index in [4.69, 9.17) is 5.73 Å². The van der Waals surface area contributed by atoms with Crippen LogP contribution in [0.2, 0.25) is 0 Å². The van der Waals surface area contributed by atoms with Crippen LogP contribution in [0.25, 0.3) is 0 Å². The molecular formula is C41H48N2O4. The van der Waals surface area contributed by atoms with Gasteiger partial charge in [0, 0.05) is 0 Å². The molecule has 5 rings (SSSR count). The molecule has 6 nitrogen and oxygen atoms in total. The molecule has 2 amide bonds. The normalized spacial score (nSPS) is 16.0. The number of carbonyl (C=O) groups is 2. The summed E-state index contributed by atoms with van der Waals surface area (Å²) < 4.78 is 0. The van der Waals surface area contributed by atoms with Crippen LogP contribution in [0.5, 0.6) is 0 Å². The van der Waals surface area contributed by atoms with Crippen molar-refractivity contribution in [1.82, 2.24) is 4.90 Å². The van der Waals surface area contributed by atoms with Crippen LogP contribution in [-0.4, -0.2) is 39.0 Å². The van der Waals surface area contributed by atoms with Gasteiger partial charge < -0.3 is 20.8 Å². The Balaban J connectivity index is 1.79. The Labute approximate surface area is 279 Å². The zero-order valence-corrected chi connectivity index (χ0v) is 28.5. The van der Waals surface area contributed by atoms with Gasteiger partial charge in [-0.05, 0) is 76.6 Å². The van der Waals surface area contributed by atoms with E-state index >= 15 is 4.79 Å². The minimum Gasteiger partial charge on any atom is -0.378 e. The van der Waals surface area contributed by atoms with E-state index < -0.39 is 40.5 Å². The van der Waals surface area contributed by atoms with Gasteiger partial charge in [-0.15, -0.1) is 0 Å². The molecule has 4 aromatic rings. The predicted molar refractivity (Wildman–Crippen MR) is 187 cm³/mol. The van der Waals surface area contributed by atoms with E-state index in [1.807, 2.05) is 139 Å². The average Bonchev–Trinajstić information content (AvgIpc) is 3.57. The second kappa shape index (κ2) is 13.1. The molecule has 0 aliphatic heterocycles. The SMILES string of the molecule is Cc1ccc(C(O)(c2ccc(C)cc2)[C@@H](C)N(C(=O)C2(C(N)=O)CCCC2)[C@H](C)C(O)(c2ccc(C)cc2)c2ccc(C)cc2)cc1. The summed E-state index contributed by atoms with van der Waals surface area (Å²) in [6.07, 6.45) is 2.01. The van der Waals surface area contributed by atoms with Crippen LogP contribution in [0.3, 0.4) is 0 Å². The van der Waals surface area contributed by atoms with Gasteiger partial charge in [0.25, 0.3) is 0 Å². The molecule has 246 valence electrons. The molecule has 0 aromatic heterocycles. The van der Waals surface area contributed by atoms with Crippen molar-refractivity contribution >= 4 is 11.8 Å². The van der Waals surface area contributed by atoms with Crippen molar-refractivity contribution in [2.45, 2.75) is 90.5 Å². The Bertz CT molecular complexity index is 1510. The van der Waals surface area contributed by atoms with Gasteiger partial charge in [-0.1, -0.05) is 132 Å². The summed E-state index contributed by atoms with van der Waals surface area (Å²) in [5.41, 5.74) is 7.70. The van der Waals surface area contributed by atoms with E-state index in [1.165, 1.54) is 0 Å². The first-order valence-corrected chi connectivity index (χ1v) is 16.6. The standard InChI is InChI=1S/C41H48N2O4/c1-27-9-17-33(18-10-27)40(46,34-19-11-28(2)12-20-34)31(5)43(38(45)39(37(42)44)25-7-8-26-39)32(6)41(47,35-21-13-29(3)14-22-35)36-23-15-30(4)16-24-36/h9-24,31-32,46-47H,7-8,25-26H2,1-6H3,(H2,42,44)/t31-,32-/m1/s1. The molecule has 0 spiro atoms. The first-order chi connectivity index (χ1) is 22.2. The highest BCUT2D eigenvalue weighted by molar-refractivity contribution is 6.05. The van der Waals surface area contributed by atoms with Crippen molar-refractivity contribution < 1.29 is 19.8 Å². The minimum atomic E-state index is -1.72. The predicted octanol–water partition coefficient (Wildman–Crippen LogP) is 6.74. The van der Waals surface area contributed by atoms with Crippen LogP contribution in [0.1, 0.15) is 84.0 Å². The molecule has 1 aliphatic carbocycles. The van der Waals surface area contributed by atoms with E-state index in [0.717, 1.165) is 22.3 Å².